The van der Waals surface area contributed by atoms with Crippen molar-refractivity contribution in [3.05, 3.63) is 29.6 Å². The largest absolute Gasteiger partial charge is 0.337 e. The molecular weight excluding hydrogens is 256 g/mol. The summed E-state index contributed by atoms with van der Waals surface area (Å²) in [6, 6.07) is 3.74. The molecule has 1 aromatic rings. The van der Waals surface area contributed by atoms with Crippen molar-refractivity contribution in [2.45, 2.75) is 18.2 Å². The number of carbonyl (C=O) groups is 1. The number of pyridine rings is 1. The molecule has 1 fully saturated rings. The third-order valence-electron chi connectivity index (χ3n) is 2.59. The van der Waals surface area contributed by atoms with Crippen LogP contribution in [0.15, 0.2) is 18.3 Å². The molecule has 0 spiro atoms. The molecule has 3 nitrogen and oxygen atoms in total. The van der Waals surface area contributed by atoms with Gasteiger partial charge in [0, 0.05) is 24.6 Å². The third kappa shape index (κ3) is 2.37. The van der Waals surface area contributed by atoms with Gasteiger partial charge in [0.1, 0.15) is 5.69 Å². The average Bonchev–Trinajstić information content (AvgIpc) is 2.82. The Balaban J connectivity index is 2.11. The molecule has 2 rings (SSSR count). The molecule has 1 amide bonds. The zero-order chi connectivity index (χ0) is 10.7. The molecule has 0 saturated carbocycles. The summed E-state index contributed by atoms with van der Waals surface area (Å²) in [4.78, 5) is 17.9. The van der Waals surface area contributed by atoms with Gasteiger partial charge in [-0.05, 0) is 24.5 Å². The minimum atomic E-state index is 0.0635. The van der Waals surface area contributed by atoms with E-state index in [1.165, 1.54) is 0 Å². The molecule has 0 aliphatic carbocycles. The van der Waals surface area contributed by atoms with Crippen LogP contribution < -0.4 is 0 Å². The molecule has 1 aromatic heterocycles. The number of nitrogens with zero attached hydrogens (tertiary/aromatic N) is 2. The fourth-order valence-electron chi connectivity index (χ4n) is 1.71. The molecule has 2 heterocycles. The van der Waals surface area contributed by atoms with Crippen LogP contribution in [0.5, 0.6) is 0 Å². The number of carbonyl (C=O) groups excluding carboxylic acids is 1. The van der Waals surface area contributed by atoms with Crippen LogP contribution in [0.1, 0.15) is 28.9 Å². The van der Waals surface area contributed by atoms with E-state index in [0.29, 0.717) is 5.69 Å². The van der Waals surface area contributed by atoms with Crippen molar-refractivity contribution in [3.63, 3.8) is 0 Å². The molecule has 0 aromatic carbocycles. The van der Waals surface area contributed by atoms with Gasteiger partial charge >= 0.3 is 0 Å². The summed E-state index contributed by atoms with van der Waals surface area (Å²) in [5, 5.41) is 0.776. The van der Waals surface area contributed by atoms with E-state index in [4.69, 9.17) is 0 Å². The number of hydrogen-bond acceptors (Lipinski definition) is 2. The Labute approximate surface area is 97.6 Å². The number of likely N-dealkylation sites (tertiary alicyclic amines) is 1. The predicted octanol–water partition coefficient (Wildman–Crippen LogP) is 2.21. The molecule has 80 valence electrons. The maximum atomic E-state index is 11.9. The van der Waals surface area contributed by atoms with E-state index in [9.17, 15) is 4.79 Å². The van der Waals surface area contributed by atoms with Gasteiger partial charge in [-0.15, -0.1) is 0 Å². The van der Waals surface area contributed by atoms with Crippen LogP contribution in [0.3, 0.4) is 0 Å². The highest BCUT2D eigenvalue weighted by atomic mass is 79.9. The van der Waals surface area contributed by atoms with Crippen LogP contribution in [-0.4, -0.2) is 28.9 Å². The van der Waals surface area contributed by atoms with E-state index in [-0.39, 0.29) is 5.91 Å². The maximum Gasteiger partial charge on any atom is 0.272 e. The van der Waals surface area contributed by atoms with Crippen LogP contribution in [0.25, 0.3) is 0 Å². The lowest BCUT2D eigenvalue weighted by Crippen LogP contribution is -2.28. The van der Waals surface area contributed by atoms with Gasteiger partial charge in [-0.3, -0.25) is 9.78 Å². The molecule has 0 unspecified atom stereocenters. The number of halogens is 1. The predicted molar refractivity (Wildman–Crippen MR) is 62.0 cm³/mol. The van der Waals surface area contributed by atoms with E-state index in [2.05, 4.69) is 20.9 Å². The number of aromatic nitrogens is 1. The minimum absolute atomic E-state index is 0.0635. The number of hydrogen-bond donors (Lipinski definition) is 0. The summed E-state index contributed by atoms with van der Waals surface area (Å²) in [5.41, 5.74) is 1.65. The molecule has 1 aliphatic rings. The molecule has 15 heavy (non-hydrogen) atoms. The maximum absolute atomic E-state index is 11.9. The first-order valence-electron chi connectivity index (χ1n) is 5.11. The van der Waals surface area contributed by atoms with Crippen LogP contribution in [0.2, 0.25) is 0 Å². The summed E-state index contributed by atoms with van der Waals surface area (Å²) in [5.74, 6) is 0.0635. The van der Waals surface area contributed by atoms with E-state index < -0.39 is 0 Å². The quantitative estimate of drug-likeness (QED) is 0.771. The Morgan fingerprint density at radius 3 is 2.67 bits per heavy atom. The minimum Gasteiger partial charge on any atom is -0.337 e. The monoisotopic (exact) mass is 268 g/mol. The molecule has 4 heteroatoms. The Hall–Kier alpha value is -0.900. The Morgan fingerprint density at radius 2 is 2.13 bits per heavy atom. The van der Waals surface area contributed by atoms with Crippen LogP contribution in [0, 0.1) is 0 Å². The van der Waals surface area contributed by atoms with Crippen molar-refractivity contribution >= 4 is 21.8 Å². The van der Waals surface area contributed by atoms with Crippen LogP contribution >= 0.6 is 15.9 Å². The van der Waals surface area contributed by atoms with Gasteiger partial charge in [0.25, 0.3) is 5.91 Å². The fourth-order valence-corrected chi connectivity index (χ4v) is 2.04. The molecule has 1 saturated heterocycles. The topological polar surface area (TPSA) is 33.2 Å². The second-order valence-corrected chi connectivity index (χ2v) is 4.25. The first kappa shape index (κ1) is 10.6. The first-order valence-corrected chi connectivity index (χ1v) is 6.23. The van der Waals surface area contributed by atoms with Crippen molar-refractivity contribution in [2.24, 2.45) is 0 Å². The SMILES string of the molecule is O=C(c1ccc(CBr)cn1)N1CCCC1. The summed E-state index contributed by atoms with van der Waals surface area (Å²) in [7, 11) is 0. The van der Waals surface area contributed by atoms with E-state index in [1.54, 1.807) is 12.3 Å². The molecule has 0 N–H and O–H groups in total. The second kappa shape index (κ2) is 4.75. The van der Waals surface area contributed by atoms with Crippen molar-refractivity contribution in [1.29, 1.82) is 0 Å². The number of rotatable bonds is 2. The van der Waals surface area contributed by atoms with Gasteiger partial charge in [-0.1, -0.05) is 22.0 Å². The first-order chi connectivity index (χ1) is 7.31. The summed E-state index contributed by atoms with van der Waals surface area (Å²) >= 11 is 3.35. The van der Waals surface area contributed by atoms with Gasteiger partial charge in [-0.25, -0.2) is 0 Å². The standard InChI is InChI=1S/C11H13BrN2O/c12-7-9-3-4-10(13-8-9)11(15)14-5-1-2-6-14/h3-4,8H,1-2,5-7H2. The van der Waals surface area contributed by atoms with Crippen LogP contribution in [-0.2, 0) is 5.33 Å². The van der Waals surface area contributed by atoms with Gasteiger partial charge in [0.2, 0.25) is 0 Å². The summed E-state index contributed by atoms with van der Waals surface area (Å²) < 4.78 is 0. The Bertz CT molecular complexity index is 344. The molecule has 0 bridgehead atoms. The van der Waals surface area contributed by atoms with Gasteiger partial charge in [0.15, 0.2) is 0 Å². The normalized spacial score (nSPS) is 15.7. The molecule has 0 atom stereocenters. The van der Waals surface area contributed by atoms with E-state index >= 15 is 0 Å². The molecular formula is C11H13BrN2O. The van der Waals surface area contributed by atoms with E-state index in [1.807, 2.05) is 11.0 Å². The van der Waals surface area contributed by atoms with Crippen molar-refractivity contribution in [2.75, 3.05) is 13.1 Å². The smallest absolute Gasteiger partial charge is 0.272 e. The highest BCUT2D eigenvalue weighted by Gasteiger charge is 2.19. The lowest BCUT2D eigenvalue weighted by molar-refractivity contribution is 0.0787. The highest BCUT2D eigenvalue weighted by Crippen LogP contribution is 2.12. The van der Waals surface area contributed by atoms with Crippen molar-refractivity contribution < 1.29 is 4.79 Å². The highest BCUT2D eigenvalue weighted by molar-refractivity contribution is 9.08. The van der Waals surface area contributed by atoms with Gasteiger partial charge in [0.05, 0.1) is 0 Å². The summed E-state index contributed by atoms with van der Waals surface area (Å²) in [6.07, 6.45) is 3.98. The third-order valence-corrected chi connectivity index (χ3v) is 3.24. The molecule has 1 aliphatic heterocycles. The fraction of sp³-hybridized carbons (Fsp3) is 0.455. The van der Waals surface area contributed by atoms with Crippen LogP contribution in [0.4, 0.5) is 0 Å². The zero-order valence-electron chi connectivity index (χ0n) is 8.45. The average molecular weight is 269 g/mol. The lowest BCUT2D eigenvalue weighted by atomic mass is 10.2. The Kier molecular flexibility index (Phi) is 3.36. The van der Waals surface area contributed by atoms with Crippen molar-refractivity contribution in [1.82, 2.24) is 9.88 Å². The number of amides is 1. The van der Waals surface area contributed by atoms with Crippen molar-refractivity contribution in [3.8, 4) is 0 Å². The van der Waals surface area contributed by atoms with E-state index in [0.717, 1.165) is 36.8 Å². The Morgan fingerprint density at radius 1 is 1.40 bits per heavy atom. The van der Waals surface area contributed by atoms with Gasteiger partial charge < -0.3 is 4.90 Å². The zero-order valence-corrected chi connectivity index (χ0v) is 10.0. The van der Waals surface area contributed by atoms with Gasteiger partial charge in [-0.2, -0.15) is 0 Å². The molecule has 0 radical (unpaired) electrons. The number of alkyl halides is 1. The summed E-state index contributed by atoms with van der Waals surface area (Å²) in [6.45, 7) is 1.75. The second-order valence-electron chi connectivity index (χ2n) is 3.68. The lowest BCUT2D eigenvalue weighted by Gasteiger charge is -2.14.